The fraction of sp³-hybridized carbons (Fsp3) is 0.273. The number of para-hydroxylation sites is 1. The lowest BCUT2D eigenvalue weighted by Gasteiger charge is -2.15. The van der Waals surface area contributed by atoms with Gasteiger partial charge in [0.25, 0.3) is 0 Å². The second-order valence-electron chi connectivity index (χ2n) is 3.75. The van der Waals surface area contributed by atoms with Crippen LogP contribution in [0.25, 0.3) is 0 Å². The summed E-state index contributed by atoms with van der Waals surface area (Å²) in [5, 5.41) is 18.0. The number of aryl methyl sites for hydroxylation is 1. The maximum atomic E-state index is 10.4. The van der Waals surface area contributed by atoms with Crippen LogP contribution in [0.2, 0.25) is 0 Å². The van der Waals surface area contributed by atoms with E-state index in [1.807, 2.05) is 0 Å². The van der Waals surface area contributed by atoms with Crippen LogP contribution in [0.5, 0.6) is 5.75 Å². The Morgan fingerprint density at radius 2 is 2.22 bits per heavy atom. The number of aliphatic hydroxyl groups excluding tert-OH is 1. The number of benzene rings is 1. The van der Waals surface area contributed by atoms with Gasteiger partial charge in [-0.05, 0) is 22.0 Å². The van der Waals surface area contributed by atoms with Gasteiger partial charge in [0.15, 0.2) is 4.60 Å². The van der Waals surface area contributed by atoms with Crippen molar-refractivity contribution in [3.63, 3.8) is 0 Å². The molecule has 0 amide bonds. The lowest BCUT2D eigenvalue weighted by atomic mass is 10.0. The van der Waals surface area contributed by atoms with Crippen LogP contribution in [-0.2, 0) is 7.05 Å². The maximum absolute atomic E-state index is 10.4. The number of nitrogen functional groups attached to an aromatic ring is 1. The molecule has 1 aromatic carbocycles. The lowest BCUT2D eigenvalue weighted by molar-refractivity contribution is 0.209. The Morgan fingerprint density at radius 3 is 2.78 bits per heavy atom. The fourth-order valence-corrected chi connectivity index (χ4v) is 2.30. The van der Waals surface area contributed by atoms with Crippen LogP contribution >= 0.6 is 15.9 Å². The number of rotatable bonds is 3. The molecule has 1 unspecified atom stereocenters. The van der Waals surface area contributed by atoms with Crippen molar-refractivity contribution >= 4 is 21.6 Å². The molecule has 2 rings (SSSR count). The number of halogens is 1. The number of nitrogens with zero attached hydrogens (tertiary/aromatic N) is 3. The third-order valence-electron chi connectivity index (χ3n) is 2.70. The van der Waals surface area contributed by atoms with Gasteiger partial charge in [0.2, 0.25) is 0 Å². The number of hydrogen-bond donors (Lipinski definition) is 2. The zero-order valence-corrected chi connectivity index (χ0v) is 11.5. The van der Waals surface area contributed by atoms with E-state index in [4.69, 9.17) is 10.5 Å². The van der Waals surface area contributed by atoms with Crippen molar-refractivity contribution in [3.8, 4) is 5.75 Å². The van der Waals surface area contributed by atoms with Crippen LogP contribution in [0, 0.1) is 0 Å². The Labute approximate surface area is 112 Å². The van der Waals surface area contributed by atoms with E-state index in [-0.39, 0.29) is 0 Å². The second kappa shape index (κ2) is 4.95. The summed E-state index contributed by atoms with van der Waals surface area (Å²) in [7, 11) is 3.23. The van der Waals surface area contributed by atoms with Crippen molar-refractivity contribution in [2.75, 3.05) is 12.8 Å². The molecule has 0 aliphatic carbocycles. The van der Waals surface area contributed by atoms with Gasteiger partial charge in [-0.15, -0.1) is 5.10 Å². The summed E-state index contributed by atoms with van der Waals surface area (Å²) in [4.78, 5) is 0. The SMILES string of the molecule is COc1cccc(C(O)c2c(Br)nnn2C)c1N. The van der Waals surface area contributed by atoms with Crippen LogP contribution < -0.4 is 10.5 Å². The number of hydrogen-bond acceptors (Lipinski definition) is 5. The lowest BCUT2D eigenvalue weighted by Crippen LogP contribution is -2.10. The highest BCUT2D eigenvalue weighted by Gasteiger charge is 2.22. The smallest absolute Gasteiger partial charge is 0.154 e. The topological polar surface area (TPSA) is 86.2 Å². The summed E-state index contributed by atoms with van der Waals surface area (Å²) < 4.78 is 7.11. The number of methoxy groups -OCH3 is 1. The summed E-state index contributed by atoms with van der Waals surface area (Å²) in [6.07, 6.45) is -0.922. The molecule has 0 radical (unpaired) electrons. The summed E-state index contributed by atoms with van der Waals surface area (Å²) in [5.41, 5.74) is 7.45. The van der Waals surface area contributed by atoms with Crippen LogP contribution in [0.3, 0.4) is 0 Å². The summed E-state index contributed by atoms with van der Waals surface area (Å²) in [6, 6.07) is 5.25. The molecule has 0 saturated heterocycles. The molecule has 6 nitrogen and oxygen atoms in total. The monoisotopic (exact) mass is 312 g/mol. The molecule has 3 N–H and O–H groups in total. The van der Waals surface area contributed by atoms with Crippen molar-refractivity contribution in [1.29, 1.82) is 0 Å². The first-order valence-corrected chi connectivity index (χ1v) is 6.01. The summed E-state index contributed by atoms with van der Waals surface area (Å²) >= 11 is 3.25. The summed E-state index contributed by atoms with van der Waals surface area (Å²) in [6.45, 7) is 0. The first-order chi connectivity index (χ1) is 8.56. The fourth-order valence-electron chi connectivity index (χ4n) is 1.75. The number of aliphatic hydroxyl groups is 1. The van der Waals surface area contributed by atoms with Crippen molar-refractivity contribution in [3.05, 3.63) is 34.1 Å². The predicted octanol–water partition coefficient (Wildman–Crippen LogP) is 1.25. The average Bonchev–Trinajstić information content (AvgIpc) is 2.68. The molecule has 1 atom stereocenters. The summed E-state index contributed by atoms with van der Waals surface area (Å²) in [5.74, 6) is 0.526. The third kappa shape index (κ3) is 2.06. The van der Waals surface area contributed by atoms with Gasteiger partial charge in [-0.2, -0.15) is 0 Å². The van der Waals surface area contributed by atoms with E-state index in [9.17, 15) is 5.11 Å². The minimum absolute atomic E-state index is 0.403. The zero-order chi connectivity index (χ0) is 13.3. The van der Waals surface area contributed by atoms with Crippen molar-refractivity contribution < 1.29 is 9.84 Å². The van der Waals surface area contributed by atoms with Crippen LogP contribution in [0.4, 0.5) is 5.69 Å². The Kier molecular flexibility index (Phi) is 3.53. The molecule has 0 fully saturated rings. The molecule has 96 valence electrons. The van der Waals surface area contributed by atoms with E-state index in [0.717, 1.165) is 0 Å². The Hall–Kier alpha value is -1.60. The van der Waals surface area contributed by atoms with Gasteiger partial charge in [0.05, 0.1) is 12.8 Å². The molecule has 18 heavy (non-hydrogen) atoms. The van der Waals surface area contributed by atoms with E-state index >= 15 is 0 Å². The van der Waals surface area contributed by atoms with Crippen LogP contribution in [0.15, 0.2) is 22.8 Å². The molecule has 7 heteroatoms. The third-order valence-corrected chi connectivity index (χ3v) is 3.26. The van der Waals surface area contributed by atoms with Gasteiger partial charge < -0.3 is 15.6 Å². The minimum atomic E-state index is -0.922. The molecule has 1 heterocycles. The first kappa shape index (κ1) is 12.8. The standard InChI is InChI=1S/C11H13BrN4O2/c1-16-9(11(12)14-15-16)10(17)6-4-3-5-7(18-2)8(6)13/h3-5,10,17H,13H2,1-2H3. The first-order valence-electron chi connectivity index (χ1n) is 5.21. The molecule has 0 saturated carbocycles. The van der Waals surface area contributed by atoms with Crippen LogP contribution in [-0.4, -0.2) is 27.2 Å². The molecule has 0 aliphatic heterocycles. The quantitative estimate of drug-likeness (QED) is 0.833. The number of ether oxygens (including phenoxy) is 1. The highest BCUT2D eigenvalue weighted by atomic mass is 79.9. The van der Waals surface area contributed by atoms with Gasteiger partial charge in [-0.3, -0.25) is 0 Å². The average molecular weight is 313 g/mol. The van der Waals surface area contributed by atoms with E-state index in [1.165, 1.54) is 11.8 Å². The number of aromatic nitrogens is 3. The van der Waals surface area contributed by atoms with E-state index in [0.29, 0.717) is 27.3 Å². The van der Waals surface area contributed by atoms with Crippen molar-refractivity contribution in [2.45, 2.75) is 6.10 Å². The maximum Gasteiger partial charge on any atom is 0.154 e. The highest BCUT2D eigenvalue weighted by molar-refractivity contribution is 9.10. The zero-order valence-electron chi connectivity index (χ0n) is 9.96. The molecule has 1 aromatic heterocycles. The largest absolute Gasteiger partial charge is 0.495 e. The molecular weight excluding hydrogens is 300 g/mol. The van der Waals surface area contributed by atoms with Gasteiger partial charge >= 0.3 is 0 Å². The van der Waals surface area contributed by atoms with Gasteiger partial charge in [0.1, 0.15) is 17.5 Å². The van der Waals surface area contributed by atoms with E-state index in [2.05, 4.69) is 26.2 Å². The number of nitrogens with two attached hydrogens (primary N) is 1. The normalized spacial score (nSPS) is 12.4. The molecule has 0 bridgehead atoms. The second-order valence-corrected chi connectivity index (χ2v) is 4.51. The Balaban J connectivity index is 2.50. The molecular formula is C11H13BrN4O2. The minimum Gasteiger partial charge on any atom is -0.495 e. The Morgan fingerprint density at radius 1 is 1.50 bits per heavy atom. The number of anilines is 1. The Bertz CT molecular complexity index is 551. The van der Waals surface area contributed by atoms with E-state index in [1.54, 1.807) is 25.2 Å². The van der Waals surface area contributed by atoms with Crippen molar-refractivity contribution in [2.24, 2.45) is 7.05 Å². The van der Waals surface area contributed by atoms with Gasteiger partial charge in [-0.1, -0.05) is 17.3 Å². The molecule has 2 aromatic rings. The van der Waals surface area contributed by atoms with E-state index < -0.39 is 6.10 Å². The van der Waals surface area contributed by atoms with Crippen molar-refractivity contribution in [1.82, 2.24) is 15.0 Å². The highest BCUT2D eigenvalue weighted by Crippen LogP contribution is 2.34. The predicted molar refractivity (Wildman–Crippen MR) is 70.2 cm³/mol. The molecule has 0 spiro atoms. The van der Waals surface area contributed by atoms with Gasteiger partial charge in [0, 0.05) is 12.6 Å². The van der Waals surface area contributed by atoms with Gasteiger partial charge in [-0.25, -0.2) is 4.68 Å². The molecule has 0 aliphatic rings. The van der Waals surface area contributed by atoms with Crippen LogP contribution in [0.1, 0.15) is 17.4 Å².